The Kier molecular flexibility index (Phi) is 4.41. The van der Waals surface area contributed by atoms with Crippen molar-refractivity contribution in [1.82, 2.24) is 14.6 Å². The monoisotopic (exact) mass is 367 g/mol. The summed E-state index contributed by atoms with van der Waals surface area (Å²) in [7, 11) is 1.63. The number of hydrogen-bond donors (Lipinski definition) is 0. The highest BCUT2D eigenvalue weighted by atomic mass is 35.5. The van der Waals surface area contributed by atoms with E-state index in [9.17, 15) is 4.39 Å². The first kappa shape index (κ1) is 16.7. The summed E-state index contributed by atoms with van der Waals surface area (Å²) in [5, 5.41) is 5.34. The van der Waals surface area contributed by atoms with E-state index in [-0.39, 0.29) is 5.82 Å². The largest absolute Gasteiger partial charge is 0.378 e. The molecule has 26 heavy (non-hydrogen) atoms. The zero-order chi connectivity index (χ0) is 18.1. The first-order chi connectivity index (χ1) is 12.7. The van der Waals surface area contributed by atoms with Gasteiger partial charge in [-0.3, -0.25) is 0 Å². The Labute approximate surface area is 154 Å². The van der Waals surface area contributed by atoms with E-state index in [0.717, 1.165) is 28.1 Å². The van der Waals surface area contributed by atoms with Gasteiger partial charge in [-0.2, -0.15) is 5.10 Å². The van der Waals surface area contributed by atoms with E-state index in [1.54, 1.807) is 30.0 Å². The van der Waals surface area contributed by atoms with Crippen molar-refractivity contribution in [2.45, 2.75) is 6.61 Å². The number of fused-ring (bicyclic) bond motifs is 1. The fraction of sp³-hybridized carbons (Fsp3) is 0.100. The summed E-state index contributed by atoms with van der Waals surface area (Å²) in [6.07, 6.45) is 1.72. The highest BCUT2D eigenvalue weighted by Gasteiger charge is 2.18. The third-order valence-corrected chi connectivity index (χ3v) is 4.36. The van der Waals surface area contributed by atoms with Crippen LogP contribution in [0, 0.1) is 5.82 Å². The standard InChI is InChI=1S/C20H15ClFN3O/c1-26-12-17-19(14-3-2-4-15(21)11-14)20-23-10-9-18(25(20)24-17)13-5-7-16(22)8-6-13/h2-11H,12H2,1H3. The second kappa shape index (κ2) is 6.86. The summed E-state index contributed by atoms with van der Waals surface area (Å²) in [5.41, 5.74) is 4.92. The van der Waals surface area contributed by atoms with Crippen LogP contribution in [-0.2, 0) is 11.3 Å². The maximum Gasteiger partial charge on any atom is 0.163 e. The Hall–Kier alpha value is -2.76. The van der Waals surface area contributed by atoms with Crippen molar-refractivity contribution in [3.63, 3.8) is 0 Å². The molecule has 0 aliphatic carbocycles. The van der Waals surface area contributed by atoms with Gasteiger partial charge in [-0.15, -0.1) is 0 Å². The Bertz CT molecular complexity index is 1080. The van der Waals surface area contributed by atoms with E-state index >= 15 is 0 Å². The first-order valence-electron chi connectivity index (χ1n) is 8.05. The fourth-order valence-electron chi connectivity index (χ4n) is 3.01. The molecule has 6 heteroatoms. The van der Waals surface area contributed by atoms with Crippen LogP contribution in [0.1, 0.15) is 5.69 Å². The summed E-state index contributed by atoms with van der Waals surface area (Å²) in [4.78, 5) is 4.52. The van der Waals surface area contributed by atoms with Crippen molar-refractivity contribution in [2.75, 3.05) is 7.11 Å². The van der Waals surface area contributed by atoms with Crippen LogP contribution in [-0.4, -0.2) is 21.7 Å². The molecule has 0 saturated heterocycles. The number of ether oxygens (including phenoxy) is 1. The van der Waals surface area contributed by atoms with Crippen LogP contribution in [0.15, 0.2) is 60.8 Å². The first-order valence-corrected chi connectivity index (χ1v) is 8.42. The predicted octanol–water partition coefficient (Wildman–Crippen LogP) is 5.00. The van der Waals surface area contributed by atoms with Crippen molar-refractivity contribution < 1.29 is 9.13 Å². The van der Waals surface area contributed by atoms with Crippen molar-refractivity contribution in [1.29, 1.82) is 0 Å². The molecule has 130 valence electrons. The average Bonchev–Trinajstić information content (AvgIpc) is 3.01. The average molecular weight is 368 g/mol. The van der Waals surface area contributed by atoms with Crippen LogP contribution in [0.4, 0.5) is 4.39 Å². The Morgan fingerprint density at radius 3 is 2.62 bits per heavy atom. The summed E-state index contributed by atoms with van der Waals surface area (Å²) in [6, 6.07) is 15.7. The highest BCUT2D eigenvalue weighted by molar-refractivity contribution is 6.30. The van der Waals surface area contributed by atoms with Gasteiger partial charge >= 0.3 is 0 Å². The molecule has 0 N–H and O–H groups in total. The normalized spacial score (nSPS) is 11.2. The molecule has 0 bridgehead atoms. The van der Waals surface area contributed by atoms with Crippen molar-refractivity contribution in [2.24, 2.45) is 0 Å². The molecule has 0 amide bonds. The minimum atomic E-state index is -0.279. The topological polar surface area (TPSA) is 39.4 Å². The summed E-state index contributed by atoms with van der Waals surface area (Å²) in [6.45, 7) is 0.341. The molecular weight excluding hydrogens is 353 g/mol. The molecule has 4 nitrogen and oxygen atoms in total. The molecule has 0 fully saturated rings. The second-order valence-electron chi connectivity index (χ2n) is 5.84. The molecule has 0 atom stereocenters. The third kappa shape index (κ3) is 2.96. The van der Waals surface area contributed by atoms with Crippen molar-refractivity contribution in [3.05, 3.63) is 77.3 Å². The number of aromatic nitrogens is 3. The highest BCUT2D eigenvalue weighted by Crippen LogP contribution is 2.32. The van der Waals surface area contributed by atoms with E-state index < -0.39 is 0 Å². The lowest BCUT2D eigenvalue weighted by atomic mass is 10.1. The van der Waals surface area contributed by atoms with Crippen LogP contribution in [0.25, 0.3) is 28.0 Å². The molecule has 2 heterocycles. The fourth-order valence-corrected chi connectivity index (χ4v) is 3.20. The molecule has 0 unspecified atom stereocenters. The van der Waals surface area contributed by atoms with Crippen molar-refractivity contribution in [3.8, 4) is 22.4 Å². The van der Waals surface area contributed by atoms with Gasteiger partial charge in [-0.25, -0.2) is 13.9 Å². The summed E-state index contributed by atoms with van der Waals surface area (Å²) in [5.74, 6) is -0.279. The number of nitrogens with zero attached hydrogens (tertiary/aromatic N) is 3. The molecule has 0 saturated carbocycles. The SMILES string of the molecule is COCc1nn2c(-c3ccc(F)cc3)ccnc2c1-c1cccc(Cl)c1. The molecule has 2 aromatic heterocycles. The lowest BCUT2D eigenvalue weighted by Gasteiger charge is -2.05. The number of halogens is 2. The van der Waals surface area contributed by atoms with E-state index in [1.807, 2.05) is 30.3 Å². The van der Waals surface area contributed by atoms with Gasteiger partial charge < -0.3 is 4.74 Å². The minimum absolute atomic E-state index is 0.279. The van der Waals surface area contributed by atoms with Gasteiger partial charge in [-0.1, -0.05) is 23.7 Å². The van der Waals surface area contributed by atoms with Gasteiger partial charge in [0.1, 0.15) is 5.82 Å². The van der Waals surface area contributed by atoms with Crippen LogP contribution >= 0.6 is 11.6 Å². The maximum absolute atomic E-state index is 13.3. The van der Waals surface area contributed by atoms with Gasteiger partial charge in [0.15, 0.2) is 5.65 Å². The van der Waals surface area contributed by atoms with Gasteiger partial charge in [0.25, 0.3) is 0 Å². The zero-order valence-corrected chi connectivity index (χ0v) is 14.7. The van der Waals surface area contributed by atoms with Crippen LogP contribution in [0.2, 0.25) is 5.02 Å². The predicted molar refractivity (Wildman–Crippen MR) is 99.5 cm³/mol. The van der Waals surface area contributed by atoms with Crippen molar-refractivity contribution >= 4 is 17.2 Å². The molecule has 2 aromatic carbocycles. The Morgan fingerprint density at radius 2 is 1.88 bits per heavy atom. The molecule has 0 spiro atoms. The Morgan fingerprint density at radius 1 is 1.08 bits per heavy atom. The summed E-state index contributed by atoms with van der Waals surface area (Å²) < 4.78 is 20.4. The molecule has 4 aromatic rings. The van der Waals surface area contributed by atoms with E-state index in [2.05, 4.69) is 4.98 Å². The third-order valence-electron chi connectivity index (χ3n) is 4.13. The molecular formula is C20H15ClFN3O. The summed E-state index contributed by atoms with van der Waals surface area (Å²) >= 11 is 6.17. The van der Waals surface area contributed by atoms with E-state index in [4.69, 9.17) is 21.4 Å². The Balaban J connectivity index is 1.98. The smallest absolute Gasteiger partial charge is 0.163 e. The molecule has 0 aliphatic heterocycles. The zero-order valence-electron chi connectivity index (χ0n) is 14.0. The van der Waals surface area contributed by atoms with Crippen LogP contribution in [0.3, 0.4) is 0 Å². The lowest BCUT2D eigenvalue weighted by Crippen LogP contribution is -1.96. The van der Waals surface area contributed by atoms with E-state index in [0.29, 0.717) is 17.3 Å². The number of benzene rings is 2. The molecule has 0 radical (unpaired) electrons. The second-order valence-corrected chi connectivity index (χ2v) is 6.27. The van der Waals surface area contributed by atoms with Gasteiger partial charge in [0.2, 0.25) is 0 Å². The van der Waals surface area contributed by atoms with Crippen LogP contribution in [0.5, 0.6) is 0 Å². The number of hydrogen-bond acceptors (Lipinski definition) is 3. The minimum Gasteiger partial charge on any atom is -0.378 e. The van der Waals surface area contributed by atoms with Gasteiger partial charge in [0.05, 0.1) is 23.6 Å². The molecule has 0 aliphatic rings. The van der Waals surface area contributed by atoms with Crippen LogP contribution < -0.4 is 0 Å². The maximum atomic E-state index is 13.3. The molecule has 4 rings (SSSR count). The lowest BCUT2D eigenvalue weighted by molar-refractivity contribution is 0.181. The van der Waals surface area contributed by atoms with Gasteiger partial charge in [-0.05, 0) is 48.0 Å². The quantitative estimate of drug-likeness (QED) is 0.509. The van der Waals surface area contributed by atoms with E-state index in [1.165, 1.54) is 12.1 Å². The number of rotatable bonds is 4. The number of methoxy groups -OCH3 is 1. The van der Waals surface area contributed by atoms with Gasteiger partial charge in [0, 0.05) is 23.9 Å².